The molecule has 0 unspecified atom stereocenters. The lowest BCUT2D eigenvalue weighted by Gasteiger charge is -2.37. The van der Waals surface area contributed by atoms with Crippen LogP contribution in [0.25, 0.3) is 0 Å². The average Bonchev–Trinajstić information content (AvgIpc) is 2.41. The van der Waals surface area contributed by atoms with E-state index in [0.29, 0.717) is 0 Å². The molecule has 0 aromatic carbocycles. The second-order valence-corrected chi connectivity index (χ2v) is 3.94. The summed E-state index contributed by atoms with van der Waals surface area (Å²) >= 11 is 0. The van der Waals surface area contributed by atoms with Crippen molar-refractivity contribution < 1.29 is 29.6 Å². The summed E-state index contributed by atoms with van der Waals surface area (Å²) in [5.74, 6) is -3.10. The van der Waals surface area contributed by atoms with E-state index >= 15 is 0 Å². The highest BCUT2D eigenvalue weighted by atomic mass is 16.5. The van der Waals surface area contributed by atoms with Crippen molar-refractivity contribution in [1.29, 1.82) is 0 Å². The quantitative estimate of drug-likeness (QED) is 0.444. The first kappa shape index (κ1) is 12.9. The second-order valence-electron chi connectivity index (χ2n) is 3.94. The molecule has 0 aliphatic carbocycles. The molecule has 1 heterocycles. The lowest BCUT2D eigenvalue weighted by molar-refractivity contribution is -0.168. The molecule has 16 heavy (non-hydrogen) atoms. The van der Waals surface area contributed by atoms with E-state index in [4.69, 9.17) is 9.84 Å². The highest BCUT2D eigenvalue weighted by Crippen LogP contribution is 2.36. The summed E-state index contributed by atoms with van der Waals surface area (Å²) < 4.78 is 4.74. The van der Waals surface area contributed by atoms with Crippen molar-refractivity contribution in [3.63, 3.8) is 0 Å². The van der Waals surface area contributed by atoms with E-state index in [-0.39, 0.29) is 6.61 Å². The third-order valence-corrected chi connectivity index (χ3v) is 3.15. The van der Waals surface area contributed by atoms with E-state index in [1.54, 1.807) is 0 Å². The third kappa shape index (κ3) is 1.40. The van der Waals surface area contributed by atoms with Crippen molar-refractivity contribution >= 4 is 11.9 Å². The maximum Gasteiger partial charge on any atom is 0.335 e. The molecule has 0 aromatic rings. The van der Waals surface area contributed by atoms with Gasteiger partial charge in [0.2, 0.25) is 5.91 Å². The number of amides is 1. The number of carbonyl (C=O) groups excluding carboxylic acids is 1. The van der Waals surface area contributed by atoms with Gasteiger partial charge < -0.3 is 25.4 Å². The number of ether oxygens (including phenoxy) is 1. The van der Waals surface area contributed by atoms with Crippen molar-refractivity contribution in [2.24, 2.45) is 5.92 Å². The number of carboxylic acids is 1. The number of aliphatic hydroxyl groups is 2. The number of hydrogen-bond donors (Lipinski definition) is 4. The molecule has 1 amide bonds. The van der Waals surface area contributed by atoms with E-state index in [2.05, 4.69) is 5.32 Å². The molecule has 7 nitrogen and oxygen atoms in total. The number of methoxy groups -OCH3 is 1. The minimum atomic E-state index is -2.11. The second kappa shape index (κ2) is 4.00. The van der Waals surface area contributed by atoms with Gasteiger partial charge in [-0.25, -0.2) is 4.79 Å². The van der Waals surface area contributed by atoms with Crippen molar-refractivity contribution in [3.05, 3.63) is 0 Å². The number of carbonyl (C=O) groups is 2. The van der Waals surface area contributed by atoms with Crippen molar-refractivity contribution in [1.82, 2.24) is 5.32 Å². The Morgan fingerprint density at radius 3 is 2.56 bits per heavy atom. The maximum absolute atomic E-state index is 11.4. The molecule has 7 heteroatoms. The van der Waals surface area contributed by atoms with Crippen LogP contribution < -0.4 is 5.32 Å². The zero-order chi connectivity index (χ0) is 12.6. The van der Waals surface area contributed by atoms with Gasteiger partial charge in [0.05, 0.1) is 19.1 Å². The van der Waals surface area contributed by atoms with Crippen LogP contribution in [0.1, 0.15) is 6.92 Å². The molecule has 0 saturated carbocycles. The third-order valence-electron chi connectivity index (χ3n) is 3.15. The summed E-state index contributed by atoms with van der Waals surface area (Å²) in [5, 5.41) is 30.6. The van der Waals surface area contributed by atoms with E-state index < -0.39 is 35.5 Å². The number of nitrogens with one attached hydrogen (secondary N) is 1. The molecule has 3 atom stereocenters. The summed E-state index contributed by atoms with van der Waals surface area (Å²) in [7, 11) is 1.28. The number of carboxylic acid groups (broad SMARTS) is 1. The number of aliphatic carboxylic acids is 1. The molecule has 1 aliphatic heterocycles. The molecule has 1 rings (SSSR count). The van der Waals surface area contributed by atoms with Crippen LogP contribution in [0.4, 0.5) is 0 Å². The normalized spacial score (nSPS) is 38.5. The van der Waals surface area contributed by atoms with Crippen molar-refractivity contribution in [2.75, 3.05) is 20.3 Å². The van der Waals surface area contributed by atoms with Crippen LogP contribution in [0.2, 0.25) is 0 Å². The topological polar surface area (TPSA) is 116 Å². The minimum absolute atomic E-state index is 0.361. The van der Waals surface area contributed by atoms with Crippen LogP contribution in [0.5, 0.6) is 0 Å². The van der Waals surface area contributed by atoms with Crippen LogP contribution in [0, 0.1) is 5.92 Å². The van der Waals surface area contributed by atoms with Crippen LogP contribution in [0.3, 0.4) is 0 Å². The number of aliphatic hydroxyl groups excluding tert-OH is 1. The van der Waals surface area contributed by atoms with Gasteiger partial charge in [0.25, 0.3) is 0 Å². The van der Waals surface area contributed by atoms with E-state index in [9.17, 15) is 19.8 Å². The Labute approximate surface area is 92.0 Å². The first-order valence-electron chi connectivity index (χ1n) is 4.73. The highest BCUT2D eigenvalue weighted by Gasteiger charge is 2.66. The molecule has 1 fully saturated rings. The lowest BCUT2D eigenvalue weighted by Crippen LogP contribution is -2.67. The highest BCUT2D eigenvalue weighted by molar-refractivity contribution is 5.95. The van der Waals surface area contributed by atoms with Gasteiger partial charge in [-0.05, 0) is 0 Å². The molecule has 4 N–H and O–H groups in total. The van der Waals surface area contributed by atoms with Crippen LogP contribution in [-0.4, -0.2) is 58.7 Å². The smallest absolute Gasteiger partial charge is 0.335 e. The SMILES string of the molecule is COC[C@@]1(O)[C@H](C)C(=O)N[C@@]1(CO)C(=O)O. The first-order valence-corrected chi connectivity index (χ1v) is 4.73. The van der Waals surface area contributed by atoms with Gasteiger partial charge in [0.15, 0.2) is 5.54 Å². The summed E-state index contributed by atoms with van der Waals surface area (Å²) in [4.78, 5) is 22.6. The van der Waals surface area contributed by atoms with Crippen LogP contribution in [-0.2, 0) is 14.3 Å². The molecular formula is C9H15NO6. The Bertz CT molecular complexity index is 319. The Hall–Kier alpha value is -1.18. The fourth-order valence-corrected chi connectivity index (χ4v) is 1.96. The van der Waals surface area contributed by atoms with Gasteiger partial charge in [-0.3, -0.25) is 4.79 Å². The lowest BCUT2D eigenvalue weighted by atomic mass is 9.77. The monoisotopic (exact) mass is 233 g/mol. The summed E-state index contributed by atoms with van der Waals surface area (Å²) in [6, 6.07) is 0. The fraction of sp³-hybridized carbons (Fsp3) is 0.778. The number of hydrogen-bond acceptors (Lipinski definition) is 5. The Kier molecular flexibility index (Phi) is 3.22. The molecule has 0 spiro atoms. The maximum atomic E-state index is 11.4. The largest absolute Gasteiger partial charge is 0.479 e. The predicted octanol–water partition coefficient (Wildman–Crippen LogP) is -2.05. The standard InChI is InChI=1S/C9H15NO6/c1-5-6(12)10-8(3-11,7(13)14)9(5,15)4-16-2/h5,11,15H,3-4H2,1-2H3,(H,10,12)(H,13,14)/t5-,8+,9-/m1/s1. The minimum Gasteiger partial charge on any atom is -0.479 e. The van der Waals surface area contributed by atoms with Gasteiger partial charge in [-0.2, -0.15) is 0 Å². The average molecular weight is 233 g/mol. The van der Waals surface area contributed by atoms with Crippen LogP contribution in [0.15, 0.2) is 0 Å². The van der Waals surface area contributed by atoms with E-state index in [0.717, 1.165) is 0 Å². The van der Waals surface area contributed by atoms with Crippen LogP contribution >= 0.6 is 0 Å². The van der Waals surface area contributed by atoms with Gasteiger partial charge in [0, 0.05) is 7.11 Å². The number of rotatable bonds is 4. The summed E-state index contributed by atoms with van der Waals surface area (Å²) in [6.45, 7) is 0.118. The van der Waals surface area contributed by atoms with E-state index in [1.807, 2.05) is 0 Å². The molecular weight excluding hydrogens is 218 g/mol. The zero-order valence-electron chi connectivity index (χ0n) is 9.06. The van der Waals surface area contributed by atoms with Gasteiger partial charge in [-0.15, -0.1) is 0 Å². The fourth-order valence-electron chi connectivity index (χ4n) is 1.96. The molecule has 0 bridgehead atoms. The molecule has 0 aromatic heterocycles. The summed E-state index contributed by atoms with van der Waals surface area (Å²) in [5.41, 5.74) is -4.08. The van der Waals surface area contributed by atoms with Gasteiger partial charge in [0.1, 0.15) is 5.60 Å². The van der Waals surface area contributed by atoms with Gasteiger partial charge >= 0.3 is 5.97 Å². The van der Waals surface area contributed by atoms with E-state index in [1.165, 1.54) is 14.0 Å². The van der Waals surface area contributed by atoms with Crippen molar-refractivity contribution in [2.45, 2.75) is 18.1 Å². The summed E-state index contributed by atoms with van der Waals surface area (Å²) in [6.07, 6.45) is 0. The molecule has 1 saturated heterocycles. The molecule has 92 valence electrons. The predicted molar refractivity (Wildman–Crippen MR) is 51.6 cm³/mol. The first-order chi connectivity index (χ1) is 7.35. The Morgan fingerprint density at radius 2 is 2.19 bits per heavy atom. The molecule has 0 radical (unpaired) electrons. The van der Waals surface area contributed by atoms with Gasteiger partial charge in [-0.1, -0.05) is 6.92 Å². The molecule has 1 aliphatic rings. The zero-order valence-corrected chi connectivity index (χ0v) is 9.06. The Morgan fingerprint density at radius 1 is 1.62 bits per heavy atom. The van der Waals surface area contributed by atoms with Crippen molar-refractivity contribution in [3.8, 4) is 0 Å². The Balaban J connectivity index is 3.26.